The summed E-state index contributed by atoms with van der Waals surface area (Å²) in [6.07, 6.45) is 6.08. The standard InChI is InChI=1S/C13H21N3O3/c1-9(17)12-13(14-10(2)18)19-15-16(12)11-7-5-3-4-6-8-11/h9,11,17H,3-8H2,1-2H3. The molecule has 1 aromatic rings. The third-order valence-corrected chi connectivity index (χ3v) is 3.51. The van der Waals surface area contributed by atoms with Crippen molar-refractivity contribution in [1.29, 1.82) is 0 Å². The molecule has 1 unspecified atom stereocenters. The fourth-order valence-electron chi connectivity index (χ4n) is 2.63. The second-order valence-corrected chi connectivity index (χ2v) is 5.16. The van der Waals surface area contributed by atoms with Crippen molar-refractivity contribution in [2.24, 2.45) is 4.99 Å². The zero-order chi connectivity index (χ0) is 13.8. The van der Waals surface area contributed by atoms with Gasteiger partial charge in [0.15, 0.2) is 6.04 Å². The Hall–Kier alpha value is -1.43. The summed E-state index contributed by atoms with van der Waals surface area (Å²) in [5, 5.41) is 25.0. The highest BCUT2D eigenvalue weighted by molar-refractivity contribution is 5.71. The lowest BCUT2D eigenvalue weighted by Gasteiger charge is -2.07. The Morgan fingerprint density at radius 1 is 1.42 bits per heavy atom. The average molecular weight is 267 g/mol. The second-order valence-electron chi connectivity index (χ2n) is 5.16. The Balaban J connectivity index is 2.34. The van der Waals surface area contributed by atoms with E-state index in [9.17, 15) is 10.2 Å². The highest BCUT2D eigenvalue weighted by atomic mass is 16.5. The van der Waals surface area contributed by atoms with Gasteiger partial charge in [0.25, 0.3) is 0 Å². The van der Waals surface area contributed by atoms with Gasteiger partial charge in [-0.05, 0) is 37.3 Å². The molecule has 2 rings (SSSR count). The quantitative estimate of drug-likeness (QED) is 0.387. The number of nitrogens with zero attached hydrogens (tertiary/aromatic N) is 3. The van der Waals surface area contributed by atoms with Crippen LogP contribution < -0.4 is 9.79 Å². The van der Waals surface area contributed by atoms with E-state index in [-0.39, 0.29) is 17.8 Å². The Labute approximate surface area is 112 Å². The molecule has 1 atom stereocenters. The molecule has 0 amide bonds. The Morgan fingerprint density at radius 2 is 2.05 bits per heavy atom. The molecular formula is C13H21N3O3. The van der Waals surface area contributed by atoms with Crippen LogP contribution in [0.25, 0.3) is 0 Å². The molecule has 1 aliphatic carbocycles. The van der Waals surface area contributed by atoms with Crippen molar-refractivity contribution in [2.45, 2.75) is 64.5 Å². The van der Waals surface area contributed by atoms with E-state index >= 15 is 0 Å². The molecule has 1 aliphatic rings. The zero-order valence-corrected chi connectivity index (χ0v) is 11.5. The van der Waals surface area contributed by atoms with Gasteiger partial charge in [-0.2, -0.15) is 0 Å². The summed E-state index contributed by atoms with van der Waals surface area (Å²) in [7, 11) is 0. The number of hydrogen-bond donors (Lipinski definition) is 1. The molecule has 0 aliphatic heterocycles. The minimum atomic E-state index is -0.757. The molecule has 0 saturated heterocycles. The number of aliphatic imine (C=N–C) groups is 1. The molecule has 6 nitrogen and oxygen atoms in total. The molecule has 1 N–H and O–H groups in total. The highest BCUT2D eigenvalue weighted by Crippen LogP contribution is 2.28. The summed E-state index contributed by atoms with van der Waals surface area (Å²) in [6, 6.07) is 0.228. The Morgan fingerprint density at radius 3 is 2.58 bits per heavy atom. The average Bonchev–Trinajstić information content (AvgIpc) is 2.58. The van der Waals surface area contributed by atoms with Gasteiger partial charge in [0.2, 0.25) is 5.27 Å². The maximum atomic E-state index is 11.1. The molecule has 0 aromatic carbocycles. The molecule has 6 heteroatoms. The molecule has 1 heterocycles. The van der Waals surface area contributed by atoms with Gasteiger partial charge in [-0.1, -0.05) is 12.8 Å². The Kier molecular flexibility index (Phi) is 4.52. The summed E-state index contributed by atoms with van der Waals surface area (Å²) in [5.74, 6) is -0.224. The largest absolute Gasteiger partial charge is 0.862 e. The van der Waals surface area contributed by atoms with Gasteiger partial charge in [-0.25, -0.2) is 4.99 Å². The number of rotatable bonds is 3. The first-order valence-corrected chi connectivity index (χ1v) is 6.91. The predicted octanol–water partition coefficient (Wildman–Crippen LogP) is 1.32. The van der Waals surface area contributed by atoms with E-state index < -0.39 is 6.10 Å². The van der Waals surface area contributed by atoms with Crippen molar-refractivity contribution in [3.05, 3.63) is 5.69 Å². The van der Waals surface area contributed by atoms with Gasteiger partial charge in [0.05, 0.1) is 0 Å². The van der Waals surface area contributed by atoms with Crippen LogP contribution in [-0.4, -0.2) is 16.3 Å². The van der Waals surface area contributed by atoms with Crippen LogP contribution in [0.3, 0.4) is 0 Å². The van der Waals surface area contributed by atoms with E-state index in [2.05, 4.69) is 10.3 Å². The lowest BCUT2D eigenvalue weighted by Crippen LogP contribution is -2.45. The van der Waals surface area contributed by atoms with Gasteiger partial charge in [0.1, 0.15) is 6.10 Å². The van der Waals surface area contributed by atoms with E-state index in [0.717, 1.165) is 25.7 Å². The van der Waals surface area contributed by atoms with Crippen LogP contribution in [-0.2, 0) is 0 Å². The molecule has 1 fully saturated rings. The number of aromatic nitrogens is 2. The number of hydrogen-bond acceptors (Lipinski definition) is 5. The van der Waals surface area contributed by atoms with Crippen LogP contribution in [0.5, 0.6) is 0 Å². The zero-order valence-electron chi connectivity index (χ0n) is 11.5. The van der Waals surface area contributed by atoms with E-state index in [1.165, 1.54) is 19.8 Å². The monoisotopic (exact) mass is 267 g/mol. The predicted molar refractivity (Wildman–Crippen MR) is 66.8 cm³/mol. The van der Waals surface area contributed by atoms with Gasteiger partial charge < -0.3 is 10.2 Å². The van der Waals surface area contributed by atoms with E-state index in [1.54, 1.807) is 11.6 Å². The number of aliphatic hydroxyl groups is 1. The van der Waals surface area contributed by atoms with E-state index in [1.807, 2.05) is 0 Å². The summed E-state index contributed by atoms with van der Waals surface area (Å²) in [4.78, 5) is 3.77. The molecule has 0 radical (unpaired) electrons. The van der Waals surface area contributed by atoms with Gasteiger partial charge in [-0.3, -0.25) is 4.52 Å². The first-order chi connectivity index (χ1) is 9.09. The van der Waals surface area contributed by atoms with Crippen molar-refractivity contribution in [3.8, 4) is 0 Å². The molecule has 0 spiro atoms. The molecule has 1 aromatic heterocycles. The molecule has 19 heavy (non-hydrogen) atoms. The first kappa shape index (κ1) is 14.0. The lowest BCUT2D eigenvalue weighted by atomic mass is 10.1. The number of aliphatic hydroxyl groups excluding tert-OH is 1. The minimum absolute atomic E-state index is 0.131. The second kappa shape index (κ2) is 6.14. The Bertz CT molecular complexity index is 442. The summed E-state index contributed by atoms with van der Waals surface area (Å²) in [5.41, 5.74) is 0.502. The van der Waals surface area contributed by atoms with Crippen molar-refractivity contribution in [1.82, 2.24) is 5.27 Å². The lowest BCUT2D eigenvalue weighted by molar-refractivity contribution is -0.794. The fourth-order valence-corrected chi connectivity index (χ4v) is 2.63. The molecule has 0 bridgehead atoms. The summed E-state index contributed by atoms with van der Waals surface area (Å²) >= 11 is 0. The fraction of sp³-hybridized carbons (Fsp3) is 0.769. The van der Waals surface area contributed by atoms with Crippen molar-refractivity contribution >= 4 is 11.8 Å². The third kappa shape index (κ3) is 3.32. The van der Waals surface area contributed by atoms with Crippen molar-refractivity contribution in [2.75, 3.05) is 0 Å². The van der Waals surface area contributed by atoms with Crippen molar-refractivity contribution < 1.29 is 19.4 Å². The highest BCUT2D eigenvalue weighted by Gasteiger charge is 2.34. The van der Waals surface area contributed by atoms with Gasteiger partial charge in [0, 0.05) is 12.8 Å². The topological polar surface area (TPSA) is 85.6 Å². The van der Waals surface area contributed by atoms with Crippen LogP contribution in [0.15, 0.2) is 9.52 Å². The molecule has 1 saturated carbocycles. The molecule has 106 valence electrons. The maximum absolute atomic E-state index is 11.1. The maximum Gasteiger partial charge on any atom is 0.326 e. The van der Waals surface area contributed by atoms with Crippen LogP contribution in [0.4, 0.5) is 5.88 Å². The van der Waals surface area contributed by atoms with Crippen LogP contribution >= 0.6 is 0 Å². The van der Waals surface area contributed by atoms with Gasteiger partial charge >= 0.3 is 11.6 Å². The van der Waals surface area contributed by atoms with Gasteiger partial charge in [-0.15, -0.1) is 0 Å². The normalized spacial score (nSPS) is 20.3. The van der Waals surface area contributed by atoms with Crippen LogP contribution in [0, 0.1) is 0 Å². The van der Waals surface area contributed by atoms with E-state index in [4.69, 9.17) is 4.52 Å². The smallest absolute Gasteiger partial charge is 0.326 e. The third-order valence-electron chi connectivity index (χ3n) is 3.51. The summed E-state index contributed by atoms with van der Waals surface area (Å²) in [6.45, 7) is 2.99. The van der Waals surface area contributed by atoms with E-state index in [0.29, 0.717) is 5.69 Å². The molecular weight excluding hydrogens is 246 g/mol. The van der Waals surface area contributed by atoms with Crippen LogP contribution in [0.2, 0.25) is 0 Å². The SMILES string of the molecule is C/C([O-])=N/c1on[n+](C2CCCCCC2)c1C(C)O. The van der Waals surface area contributed by atoms with Crippen LogP contribution in [0.1, 0.15) is 70.2 Å². The first-order valence-electron chi connectivity index (χ1n) is 6.91. The summed E-state index contributed by atoms with van der Waals surface area (Å²) < 4.78 is 6.85. The minimum Gasteiger partial charge on any atom is -0.862 e. The van der Waals surface area contributed by atoms with Crippen molar-refractivity contribution in [3.63, 3.8) is 0 Å².